The molecule has 0 fully saturated rings. The molecule has 0 aliphatic carbocycles. The predicted octanol–water partition coefficient (Wildman–Crippen LogP) is 4.06. The van der Waals surface area contributed by atoms with Crippen LogP contribution in [0.5, 0.6) is 5.75 Å². The summed E-state index contributed by atoms with van der Waals surface area (Å²) >= 11 is 0. The Hall–Kier alpha value is -2.39. The number of ether oxygens (including phenoxy) is 1. The zero-order chi connectivity index (χ0) is 14.7. The molecule has 3 aromatic carbocycles. The van der Waals surface area contributed by atoms with Crippen LogP contribution in [0.3, 0.4) is 0 Å². The van der Waals surface area contributed by atoms with Crippen molar-refractivity contribution in [3.8, 4) is 5.75 Å². The second-order valence-electron chi connectivity index (χ2n) is 4.94. The number of halogens is 1. The van der Waals surface area contributed by atoms with Crippen LogP contribution in [0.4, 0.5) is 4.39 Å². The molecular formula is C18H16FNO. The van der Waals surface area contributed by atoms with Crippen molar-refractivity contribution in [2.45, 2.75) is 6.04 Å². The van der Waals surface area contributed by atoms with E-state index >= 15 is 0 Å². The van der Waals surface area contributed by atoms with Gasteiger partial charge in [0.2, 0.25) is 0 Å². The molecule has 3 heteroatoms. The molecule has 3 rings (SSSR count). The van der Waals surface area contributed by atoms with Gasteiger partial charge in [0.25, 0.3) is 0 Å². The highest BCUT2D eigenvalue weighted by atomic mass is 19.1. The monoisotopic (exact) mass is 281 g/mol. The van der Waals surface area contributed by atoms with Gasteiger partial charge in [-0.25, -0.2) is 4.39 Å². The number of hydrogen-bond donors (Lipinski definition) is 1. The van der Waals surface area contributed by atoms with Crippen LogP contribution in [0.1, 0.15) is 11.6 Å². The Morgan fingerprint density at radius 2 is 1.71 bits per heavy atom. The van der Waals surface area contributed by atoms with E-state index in [4.69, 9.17) is 10.5 Å². The van der Waals surface area contributed by atoms with Crippen molar-refractivity contribution in [1.29, 1.82) is 0 Å². The fraction of sp³-hybridized carbons (Fsp3) is 0.111. The first kappa shape index (κ1) is 13.6. The molecular weight excluding hydrogens is 265 g/mol. The van der Waals surface area contributed by atoms with Crippen molar-refractivity contribution in [2.24, 2.45) is 5.73 Å². The smallest absolute Gasteiger partial charge is 0.126 e. The molecule has 0 saturated carbocycles. The Balaban J connectivity index is 1.79. The largest absolute Gasteiger partial charge is 0.492 e. The number of fused-ring (bicyclic) bond motifs is 1. The average Bonchev–Trinajstić information content (AvgIpc) is 2.52. The van der Waals surface area contributed by atoms with Gasteiger partial charge in [-0.1, -0.05) is 48.5 Å². The molecule has 0 spiro atoms. The van der Waals surface area contributed by atoms with E-state index in [2.05, 4.69) is 12.1 Å². The zero-order valence-corrected chi connectivity index (χ0v) is 11.5. The lowest BCUT2D eigenvalue weighted by Crippen LogP contribution is -2.19. The van der Waals surface area contributed by atoms with Gasteiger partial charge in [-0.15, -0.1) is 0 Å². The highest BCUT2D eigenvalue weighted by Gasteiger charge is 2.10. The summed E-state index contributed by atoms with van der Waals surface area (Å²) in [6.45, 7) is 0.303. The number of hydrogen-bond acceptors (Lipinski definition) is 2. The van der Waals surface area contributed by atoms with E-state index in [1.54, 1.807) is 12.1 Å². The summed E-state index contributed by atoms with van der Waals surface area (Å²) < 4.78 is 18.7. The number of rotatable bonds is 4. The molecule has 1 unspecified atom stereocenters. The zero-order valence-electron chi connectivity index (χ0n) is 11.5. The minimum absolute atomic E-state index is 0.264. The van der Waals surface area contributed by atoms with Crippen molar-refractivity contribution >= 4 is 10.8 Å². The molecule has 2 N–H and O–H groups in total. The van der Waals surface area contributed by atoms with Gasteiger partial charge in [0, 0.05) is 6.07 Å². The SMILES string of the molecule is NC(COc1cccc(F)c1)c1cccc2ccccc12. The Morgan fingerprint density at radius 1 is 0.952 bits per heavy atom. The molecule has 0 aliphatic heterocycles. The maximum atomic E-state index is 13.1. The first-order chi connectivity index (χ1) is 10.2. The van der Waals surface area contributed by atoms with E-state index in [1.165, 1.54) is 12.1 Å². The third kappa shape index (κ3) is 3.03. The molecule has 0 aromatic heterocycles. The van der Waals surface area contributed by atoms with Gasteiger partial charge in [-0.05, 0) is 28.5 Å². The van der Waals surface area contributed by atoms with Crippen molar-refractivity contribution in [2.75, 3.05) is 6.61 Å². The van der Waals surface area contributed by atoms with Gasteiger partial charge in [0.1, 0.15) is 18.2 Å². The first-order valence-electron chi connectivity index (χ1n) is 6.85. The predicted molar refractivity (Wildman–Crippen MR) is 82.8 cm³/mol. The van der Waals surface area contributed by atoms with Gasteiger partial charge in [-0.3, -0.25) is 0 Å². The van der Waals surface area contributed by atoms with Crippen molar-refractivity contribution in [3.63, 3.8) is 0 Å². The van der Waals surface area contributed by atoms with Crippen LogP contribution in [0, 0.1) is 5.82 Å². The molecule has 0 amide bonds. The molecule has 2 nitrogen and oxygen atoms in total. The summed E-state index contributed by atoms with van der Waals surface area (Å²) in [5, 5.41) is 2.27. The molecule has 1 atom stereocenters. The van der Waals surface area contributed by atoms with E-state index < -0.39 is 0 Å². The molecule has 0 radical (unpaired) electrons. The Labute approximate surface area is 123 Å². The maximum absolute atomic E-state index is 13.1. The van der Waals surface area contributed by atoms with Gasteiger partial charge in [0.15, 0.2) is 0 Å². The van der Waals surface area contributed by atoms with Gasteiger partial charge in [-0.2, -0.15) is 0 Å². The van der Waals surface area contributed by atoms with Crippen LogP contribution in [0.15, 0.2) is 66.7 Å². The normalized spacial score (nSPS) is 12.3. The lowest BCUT2D eigenvalue weighted by molar-refractivity contribution is 0.290. The average molecular weight is 281 g/mol. The summed E-state index contributed by atoms with van der Waals surface area (Å²) in [5.74, 6) is 0.178. The van der Waals surface area contributed by atoms with Crippen molar-refractivity contribution in [3.05, 3.63) is 78.1 Å². The minimum atomic E-state index is -0.314. The summed E-state index contributed by atoms with van der Waals surface area (Å²) in [6, 6.07) is 20.0. The molecule has 0 aliphatic rings. The molecule has 3 aromatic rings. The van der Waals surface area contributed by atoms with Gasteiger partial charge in [0.05, 0.1) is 6.04 Å². The van der Waals surface area contributed by atoms with Crippen molar-refractivity contribution in [1.82, 2.24) is 0 Å². The summed E-state index contributed by atoms with van der Waals surface area (Å²) in [7, 11) is 0. The number of nitrogens with two attached hydrogens (primary N) is 1. The summed E-state index contributed by atoms with van der Waals surface area (Å²) in [5.41, 5.74) is 7.26. The van der Waals surface area contributed by atoms with Crippen LogP contribution in [-0.2, 0) is 0 Å². The van der Waals surface area contributed by atoms with Crippen LogP contribution < -0.4 is 10.5 Å². The van der Waals surface area contributed by atoms with Crippen LogP contribution in [0.2, 0.25) is 0 Å². The first-order valence-corrected chi connectivity index (χ1v) is 6.85. The van der Waals surface area contributed by atoms with E-state index in [1.807, 2.05) is 30.3 Å². The highest BCUT2D eigenvalue weighted by molar-refractivity contribution is 5.86. The minimum Gasteiger partial charge on any atom is -0.492 e. The van der Waals surface area contributed by atoms with E-state index in [9.17, 15) is 4.39 Å². The van der Waals surface area contributed by atoms with E-state index in [0.717, 1.165) is 16.3 Å². The standard InChI is InChI=1S/C18H16FNO/c19-14-7-4-8-15(11-14)21-12-18(20)17-10-3-6-13-5-1-2-9-16(13)17/h1-11,18H,12,20H2. The maximum Gasteiger partial charge on any atom is 0.126 e. The molecule has 0 heterocycles. The van der Waals surface area contributed by atoms with Crippen LogP contribution in [0.25, 0.3) is 10.8 Å². The second kappa shape index (κ2) is 5.94. The summed E-state index contributed by atoms with van der Waals surface area (Å²) in [4.78, 5) is 0. The topological polar surface area (TPSA) is 35.2 Å². The van der Waals surface area contributed by atoms with E-state index in [-0.39, 0.29) is 11.9 Å². The Bertz CT molecular complexity index is 752. The third-order valence-electron chi connectivity index (χ3n) is 3.45. The van der Waals surface area contributed by atoms with Crippen LogP contribution in [-0.4, -0.2) is 6.61 Å². The van der Waals surface area contributed by atoms with Gasteiger partial charge >= 0.3 is 0 Å². The molecule has 0 saturated heterocycles. The highest BCUT2D eigenvalue weighted by Crippen LogP contribution is 2.24. The lowest BCUT2D eigenvalue weighted by Gasteiger charge is -2.16. The van der Waals surface area contributed by atoms with Gasteiger partial charge < -0.3 is 10.5 Å². The second-order valence-corrected chi connectivity index (χ2v) is 4.94. The van der Waals surface area contributed by atoms with Crippen LogP contribution >= 0.6 is 0 Å². The molecule has 106 valence electrons. The third-order valence-corrected chi connectivity index (χ3v) is 3.45. The lowest BCUT2D eigenvalue weighted by atomic mass is 10.00. The fourth-order valence-electron chi connectivity index (χ4n) is 2.41. The van der Waals surface area contributed by atoms with Crippen molar-refractivity contribution < 1.29 is 9.13 Å². The van der Waals surface area contributed by atoms with E-state index in [0.29, 0.717) is 12.4 Å². The Kier molecular flexibility index (Phi) is 3.84. The number of benzene rings is 3. The Morgan fingerprint density at radius 3 is 2.57 bits per heavy atom. The quantitative estimate of drug-likeness (QED) is 0.782. The fourth-order valence-corrected chi connectivity index (χ4v) is 2.41. The molecule has 21 heavy (non-hydrogen) atoms. The summed E-state index contributed by atoms with van der Waals surface area (Å²) in [6.07, 6.45) is 0. The molecule has 0 bridgehead atoms.